The van der Waals surface area contributed by atoms with Gasteiger partial charge in [-0.05, 0) is 50.3 Å². The van der Waals surface area contributed by atoms with E-state index in [-0.39, 0.29) is 6.04 Å². The topological polar surface area (TPSA) is 59.0 Å². The highest BCUT2D eigenvalue weighted by atomic mass is 16.5. The first-order chi connectivity index (χ1) is 8.96. The van der Waals surface area contributed by atoms with E-state index in [4.69, 9.17) is 10.5 Å². The van der Waals surface area contributed by atoms with Gasteiger partial charge >= 0.3 is 0 Å². The molecule has 19 heavy (non-hydrogen) atoms. The summed E-state index contributed by atoms with van der Waals surface area (Å²) in [6, 6.07) is 4.32. The summed E-state index contributed by atoms with van der Waals surface area (Å²) in [6.45, 7) is 6.17. The highest BCUT2D eigenvalue weighted by molar-refractivity contribution is 5.52. The van der Waals surface area contributed by atoms with Crippen molar-refractivity contribution in [3.8, 4) is 11.8 Å². The van der Waals surface area contributed by atoms with Crippen LogP contribution in [0.5, 0.6) is 5.75 Å². The van der Waals surface area contributed by atoms with Gasteiger partial charge < -0.3 is 10.5 Å². The van der Waals surface area contributed by atoms with E-state index in [2.05, 4.69) is 19.1 Å². The number of ether oxygens (including phenoxy) is 1. The summed E-state index contributed by atoms with van der Waals surface area (Å²) in [5.74, 6) is 0.853. The van der Waals surface area contributed by atoms with E-state index in [1.807, 2.05) is 13.8 Å². The third-order valence-electron chi connectivity index (χ3n) is 4.61. The van der Waals surface area contributed by atoms with Gasteiger partial charge in [0.1, 0.15) is 5.75 Å². The Bertz CT molecular complexity index is 539. The third kappa shape index (κ3) is 2.01. The highest BCUT2D eigenvalue weighted by Gasteiger charge is 2.45. The summed E-state index contributed by atoms with van der Waals surface area (Å²) in [5.41, 5.74) is 10.5. The van der Waals surface area contributed by atoms with E-state index in [0.29, 0.717) is 0 Å². The summed E-state index contributed by atoms with van der Waals surface area (Å²) in [6.07, 6.45) is 2.87. The molecule has 0 saturated heterocycles. The van der Waals surface area contributed by atoms with Gasteiger partial charge in [0, 0.05) is 5.56 Å². The zero-order valence-corrected chi connectivity index (χ0v) is 12.2. The predicted molar refractivity (Wildman–Crippen MR) is 76.0 cm³/mol. The lowest BCUT2D eigenvalue weighted by atomic mass is 9.63. The Morgan fingerprint density at radius 1 is 1.32 bits per heavy atom. The predicted octanol–water partition coefficient (Wildman–Crippen LogP) is 3.31. The average molecular weight is 258 g/mol. The maximum absolute atomic E-state index is 9.48. The summed E-state index contributed by atoms with van der Waals surface area (Å²) in [4.78, 5) is 0. The number of nitrogens with two attached hydrogens (primary N) is 1. The molecule has 0 bridgehead atoms. The Morgan fingerprint density at radius 3 is 2.37 bits per heavy atom. The molecule has 3 heteroatoms. The maximum Gasteiger partial charge on any atom is 0.127 e. The van der Waals surface area contributed by atoms with Crippen molar-refractivity contribution in [1.29, 1.82) is 5.26 Å². The third-order valence-corrected chi connectivity index (χ3v) is 4.61. The van der Waals surface area contributed by atoms with Crippen LogP contribution in [0.1, 0.15) is 47.6 Å². The minimum Gasteiger partial charge on any atom is -0.496 e. The van der Waals surface area contributed by atoms with E-state index in [1.54, 1.807) is 7.11 Å². The van der Waals surface area contributed by atoms with Crippen LogP contribution in [0.3, 0.4) is 0 Å². The van der Waals surface area contributed by atoms with E-state index in [1.165, 1.54) is 5.56 Å². The van der Waals surface area contributed by atoms with Gasteiger partial charge in [-0.15, -0.1) is 0 Å². The first kappa shape index (κ1) is 13.9. The molecule has 0 radical (unpaired) electrons. The van der Waals surface area contributed by atoms with Crippen molar-refractivity contribution in [2.45, 2.75) is 46.1 Å². The molecule has 102 valence electrons. The molecule has 3 nitrogen and oxygen atoms in total. The molecular weight excluding hydrogens is 236 g/mol. The SMILES string of the molecule is COc1c(C)c(C)cc(C)c1C(N)C1(C#N)CCC1. The second kappa shape index (κ2) is 4.86. The molecule has 1 unspecified atom stereocenters. The Kier molecular flexibility index (Phi) is 3.56. The van der Waals surface area contributed by atoms with Gasteiger partial charge in [-0.2, -0.15) is 5.26 Å². The Labute approximate surface area is 115 Å². The molecule has 1 aromatic rings. The molecule has 1 atom stereocenters. The van der Waals surface area contributed by atoms with Crippen molar-refractivity contribution in [2.75, 3.05) is 7.11 Å². The van der Waals surface area contributed by atoms with Gasteiger partial charge in [-0.3, -0.25) is 0 Å². The molecule has 0 amide bonds. The quantitative estimate of drug-likeness (QED) is 0.904. The van der Waals surface area contributed by atoms with Crippen LogP contribution in [0.4, 0.5) is 0 Å². The minimum atomic E-state index is -0.403. The number of nitrogens with zero attached hydrogens (tertiary/aromatic N) is 1. The fourth-order valence-corrected chi connectivity index (χ4v) is 3.05. The molecule has 1 aliphatic rings. The highest BCUT2D eigenvalue weighted by Crippen LogP contribution is 2.51. The lowest BCUT2D eigenvalue weighted by molar-refractivity contribution is 0.166. The van der Waals surface area contributed by atoms with Gasteiger partial charge in [0.25, 0.3) is 0 Å². The van der Waals surface area contributed by atoms with Crippen molar-refractivity contribution in [3.63, 3.8) is 0 Å². The molecule has 0 heterocycles. The first-order valence-corrected chi connectivity index (χ1v) is 6.78. The van der Waals surface area contributed by atoms with Crippen LogP contribution in [0, 0.1) is 37.5 Å². The van der Waals surface area contributed by atoms with E-state index in [9.17, 15) is 5.26 Å². The van der Waals surface area contributed by atoms with Gasteiger partial charge in [0.2, 0.25) is 0 Å². The second-order valence-corrected chi connectivity index (χ2v) is 5.68. The standard InChI is InChI=1S/C16H22N2O/c1-10-8-11(2)13(14(19-4)12(10)3)15(18)16(9-17)6-5-7-16/h8,15H,5-7,18H2,1-4H3. The molecular formula is C16H22N2O. The molecule has 1 aromatic carbocycles. The molecule has 0 aliphatic heterocycles. The van der Waals surface area contributed by atoms with Crippen LogP contribution >= 0.6 is 0 Å². The number of hydrogen-bond acceptors (Lipinski definition) is 3. The van der Waals surface area contributed by atoms with Crippen LogP contribution in [0.25, 0.3) is 0 Å². The molecule has 0 aromatic heterocycles. The minimum absolute atomic E-state index is 0.263. The summed E-state index contributed by atoms with van der Waals surface area (Å²) < 4.78 is 5.58. The number of rotatable bonds is 3. The fraction of sp³-hybridized carbons (Fsp3) is 0.562. The zero-order valence-electron chi connectivity index (χ0n) is 12.2. The molecule has 0 spiro atoms. The van der Waals surface area contributed by atoms with Gasteiger partial charge in [-0.1, -0.05) is 12.5 Å². The van der Waals surface area contributed by atoms with Gasteiger partial charge in [0.15, 0.2) is 0 Å². The van der Waals surface area contributed by atoms with E-state index < -0.39 is 5.41 Å². The molecule has 2 rings (SSSR count). The fourth-order valence-electron chi connectivity index (χ4n) is 3.05. The molecule has 1 saturated carbocycles. The van der Waals surface area contributed by atoms with Crippen molar-refractivity contribution in [2.24, 2.45) is 11.1 Å². The van der Waals surface area contributed by atoms with Crippen LogP contribution in [0.2, 0.25) is 0 Å². The van der Waals surface area contributed by atoms with Crippen molar-refractivity contribution in [1.82, 2.24) is 0 Å². The molecule has 1 aliphatic carbocycles. The number of methoxy groups -OCH3 is 1. The number of nitriles is 1. The Hall–Kier alpha value is -1.53. The van der Waals surface area contributed by atoms with E-state index >= 15 is 0 Å². The van der Waals surface area contributed by atoms with Crippen LogP contribution < -0.4 is 10.5 Å². The molecule has 2 N–H and O–H groups in total. The molecule has 1 fully saturated rings. The summed E-state index contributed by atoms with van der Waals surface area (Å²) >= 11 is 0. The van der Waals surface area contributed by atoms with Gasteiger partial charge in [-0.25, -0.2) is 0 Å². The maximum atomic E-state index is 9.48. The monoisotopic (exact) mass is 258 g/mol. The summed E-state index contributed by atoms with van der Waals surface area (Å²) in [5, 5.41) is 9.48. The van der Waals surface area contributed by atoms with Gasteiger partial charge in [0.05, 0.1) is 24.6 Å². The van der Waals surface area contributed by atoms with Crippen molar-refractivity contribution in [3.05, 3.63) is 28.3 Å². The number of aryl methyl sites for hydroxylation is 2. The Balaban J connectivity index is 2.56. The Morgan fingerprint density at radius 2 is 1.95 bits per heavy atom. The lowest BCUT2D eigenvalue weighted by Crippen LogP contribution is -2.39. The van der Waals surface area contributed by atoms with Crippen LogP contribution in [-0.2, 0) is 0 Å². The second-order valence-electron chi connectivity index (χ2n) is 5.68. The van der Waals surface area contributed by atoms with Crippen LogP contribution in [-0.4, -0.2) is 7.11 Å². The van der Waals surface area contributed by atoms with Crippen LogP contribution in [0.15, 0.2) is 6.07 Å². The van der Waals surface area contributed by atoms with Crippen molar-refractivity contribution >= 4 is 0 Å². The van der Waals surface area contributed by atoms with Crippen molar-refractivity contribution < 1.29 is 4.74 Å². The number of benzene rings is 1. The zero-order chi connectivity index (χ0) is 14.2. The lowest BCUT2D eigenvalue weighted by Gasteiger charge is -2.41. The van der Waals surface area contributed by atoms with E-state index in [0.717, 1.165) is 41.7 Å². The largest absolute Gasteiger partial charge is 0.496 e. The average Bonchev–Trinajstić information content (AvgIpc) is 2.32. The first-order valence-electron chi connectivity index (χ1n) is 6.78. The summed E-state index contributed by atoms with van der Waals surface area (Å²) in [7, 11) is 1.68. The smallest absolute Gasteiger partial charge is 0.127 e. The normalized spacial score (nSPS) is 18.3. The number of hydrogen-bond donors (Lipinski definition) is 1.